The molecule has 80 valence electrons. The van der Waals surface area contributed by atoms with Crippen molar-refractivity contribution in [1.82, 2.24) is 0 Å². The number of hydrogen-bond acceptors (Lipinski definition) is 2. The van der Waals surface area contributed by atoms with Crippen molar-refractivity contribution in [2.45, 2.75) is 18.7 Å². The van der Waals surface area contributed by atoms with Gasteiger partial charge in [-0.3, -0.25) is 0 Å². The van der Waals surface area contributed by atoms with Crippen molar-refractivity contribution in [3.63, 3.8) is 0 Å². The van der Waals surface area contributed by atoms with E-state index in [4.69, 9.17) is 0 Å². The van der Waals surface area contributed by atoms with E-state index in [1.165, 1.54) is 24.7 Å². The lowest BCUT2D eigenvalue weighted by Gasteiger charge is -2.08. The summed E-state index contributed by atoms with van der Waals surface area (Å²) in [5.41, 5.74) is 2.74. The molecule has 2 heterocycles. The Bertz CT molecular complexity index is 471. The Morgan fingerprint density at radius 1 is 1.33 bits per heavy atom. The second-order valence-electron chi connectivity index (χ2n) is 3.39. The quantitative estimate of drug-likeness (QED) is 0.601. The largest absolute Gasteiger partial charge is 0.147 e. The first-order valence-corrected chi connectivity index (χ1v) is 7.94. The van der Waals surface area contributed by atoms with Crippen LogP contribution in [0.3, 0.4) is 0 Å². The van der Waals surface area contributed by atoms with Crippen LogP contribution in [0, 0.1) is 13.8 Å². The van der Waals surface area contributed by atoms with Gasteiger partial charge in [0, 0.05) is 9.75 Å². The first-order chi connectivity index (χ1) is 7.09. The van der Waals surface area contributed by atoms with Gasteiger partial charge in [0.2, 0.25) is 0 Å². The van der Waals surface area contributed by atoms with Crippen molar-refractivity contribution in [3.8, 4) is 0 Å². The minimum atomic E-state index is 0.333. The SMILES string of the molecule is Cc1ccsc1C(Br)c1cc(Br)sc1C. The molecule has 0 bridgehead atoms. The van der Waals surface area contributed by atoms with Crippen molar-refractivity contribution in [3.05, 3.63) is 42.2 Å². The number of halogens is 2. The van der Waals surface area contributed by atoms with E-state index in [2.05, 4.69) is 63.2 Å². The van der Waals surface area contributed by atoms with E-state index >= 15 is 0 Å². The van der Waals surface area contributed by atoms with Gasteiger partial charge in [-0.1, -0.05) is 15.9 Å². The van der Waals surface area contributed by atoms with Crippen LogP contribution in [0.25, 0.3) is 0 Å². The highest BCUT2D eigenvalue weighted by Crippen LogP contribution is 2.41. The molecule has 0 N–H and O–H groups in total. The summed E-state index contributed by atoms with van der Waals surface area (Å²) < 4.78 is 1.20. The van der Waals surface area contributed by atoms with Gasteiger partial charge in [0.25, 0.3) is 0 Å². The zero-order chi connectivity index (χ0) is 11.0. The summed E-state index contributed by atoms with van der Waals surface area (Å²) in [5, 5.41) is 2.15. The van der Waals surface area contributed by atoms with Gasteiger partial charge in [-0.25, -0.2) is 0 Å². The van der Waals surface area contributed by atoms with Gasteiger partial charge in [0.15, 0.2) is 0 Å². The first kappa shape index (κ1) is 11.8. The van der Waals surface area contributed by atoms with Crippen LogP contribution in [0.2, 0.25) is 0 Å². The summed E-state index contributed by atoms with van der Waals surface area (Å²) in [5.74, 6) is 0. The number of thiophene rings is 2. The third-order valence-electron chi connectivity index (χ3n) is 2.33. The van der Waals surface area contributed by atoms with Gasteiger partial charge in [-0.15, -0.1) is 22.7 Å². The summed E-state index contributed by atoms with van der Waals surface area (Å²) in [7, 11) is 0. The van der Waals surface area contributed by atoms with Gasteiger partial charge < -0.3 is 0 Å². The fourth-order valence-corrected chi connectivity index (χ4v) is 5.47. The Balaban J connectivity index is 2.40. The van der Waals surface area contributed by atoms with Crippen molar-refractivity contribution in [2.75, 3.05) is 0 Å². The maximum absolute atomic E-state index is 3.78. The van der Waals surface area contributed by atoms with E-state index in [1.54, 1.807) is 11.3 Å². The molecule has 0 saturated heterocycles. The minimum Gasteiger partial charge on any atom is -0.147 e. The highest BCUT2D eigenvalue weighted by Gasteiger charge is 2.17. The second-order valence-corrected chi connectivity index (χ2v) is 7.89. The van der Waals surface area contributed by atoms with E-state index in [1.807, 2.05) is 11.3 Å². The Hall–Kier alpha value is 0.360. The van der Waals surface area contributed by atoms with Gasteiger partial charge in [0.1, 0.15) is 0 Å². The van der Waals surface area contributed by atoms with Crippen LogP contribution in [0.5, 0.6) is 0 Å². The molecule has 0 saturated carbocycles. The van der Waals surface area contributed by atoms with Gasteiger partial charge >= 0.3 is 0 Å². The molecular weight excluding hydrogens is 356 g/mol. The number of aryl methyl sites for hydroxylation is 2. The van der Waals surface area contributed by atoms with Crippen LogP contribution >= 0.6 is 54.5 Å². The van der Waals surface area contributed by atoms with E-state index in [-0.39, 0.29) is 0 Å². The summed E-state index contributed by atoms with van der Waals surface area (Å²) in [6.07, 6.45) is 0. The van der Waals surface area contributed by atoms with E-state index in [0.717, 1.165) is 0 Å². The molecule has 2 aromatic heterocycles. The molecule has 1 unspecified atom stereocenters. The summed E-state index contributed by atoms with van der Waals surface area (Å²) in [4.78, 5) is 3.11. The van der Waals surface area contributed by atoms with Crippen molar-refractivity contribution in [2.24, 2.45) is 0 Å². The predicted molar refractivity (Wildman–Crippen MR) is 76.6 cm³/mol. The molecule has 0 aliphatic rings. The number of hydrogen-bond donors (Lipinski definition) is 0. The van der Waals surface area contributed by atoms with Crippen molar-refractivity contribution >= 4 is 54.5 Å². The third kappa shape index (κ3) is 2.38. The predicted octanol–water partition coefficient (Wildman–Crippen LogP) is 5.67. The maximum atomic E-state index is 3.78. The fraction of sp³-hybridized carbons (Fsp3) is 0.273. The maximum Gasteiger partial charge on any atom is 0.0751 e. The van der Waals surface area contributed by atoms with E-state index in [9.17, 15) is 0 Å². The van der Waals surface area contributed by atoms with Crippen LogP contribution in [0.4, 0.5) is 0 Å². The normalized spacial score (nSPS) is 13.1. The van der Waals surface area contributed by atoms with Gasteiger partial charge in [-0.2, -0.15) is 0 Å². The number of alkyl halides is 1. The third-order valence-corrected chi connectivity index (χ3v) is 6.24. The number of rotatable bonds is 2. The molecule has 0 amide bonds. The topological polar surface area (TPSA) is 0 Å². The summed E-state index contributed by atoms with van der Waals surface area (Å²) in [6.45, 7) is 4.33. The first-order valence-electron chi connectivity index (χ1n) is 4.53. The lowest BCUT2D eigenvalue weighted by molar-refractivity contribution is 1.19. The van der Waals surface area contributed by atoms with Crippen LogP contribution in [-0.4, -0.2) is 0 Å². The molecule has 0 aliphatic heterocycles. The molecule has 0 nitrogen and oxygen atoms in total. The Labute approximate surface area is 115 Å². The minimum absolute atomic E-state index is 0.333. The Morgan fingerprint density at radius 3 is 2.53 bits per heavy atom. The molecule has 0 aliphatic carbocycles. The molecule has 0 fully saturated rings. The Morgan fingerprint density at radius 2 is 2.07 bits per heavy atom. The average Bonchev–Trinajstić information content (AvgIpc) is 2.71. The van der Waals surface area contributed by atoms with Crippen molar-refractivity contribution < 1.29 is 0 Å². The molecular formula is C11H10Br2S2. The average molecular weight is 366 g/mol. The van der Waals surface area contributed by atoms with Crippen LogP contribution in [0.15, 0.2) is 21.3 Å². The molecule has 15 heavy (non-hydrogen) atoms. The van der Waals surface area contributed by atoms with Crippen molar-refractivity contribution in [1.29, 1.82) is 0 Å². The van der Waals surface area contributed by atoms with Crippen LogP contribution in [-0.2, 0) is 0 Å². The smallest absolute Gasteiger partial charge is 0.0751 e. The molecule has 0 spiro atoms. The van der Waals surface area contributed by atoms with Gasteiger partial charge in [-0.05, 0) is 58.4 Å². The Kier molecular flexibility index (Phi) is 3.71. The van der Waals surface area contributed by atoms with E-state index in [0.29, 0.717) is 4.83 Å². The monoisotopic (exact) mass is 364 g/mol. The van der Waals surface area contributed by atoms with Crippen LogP contribution in [0.1, 0.15) is 25.7 Å². The standard InChI is InChI=1S/C11H10Br2S2/c1-6-3-4-14-11(6)10(13)8-5-9(12)15-7(8)2/h3-5,10H,1-2H3. The van der Waals surface area contributed by atoms with E-state index < -0.39 is 0 Å². The fourth-order valence-electron chi connectivity index (χ4n) is 1.50. The molecule has 0 aromatic carbocycles. The molecule has 0 radical (unpaired) electrons. The molecule has 4 heteroatoms. The highest BCUT2D eigenvalue weighted by atomic mass is 79.9. The molecule has 2 aromatic rings. The summed E-state index contributed by atoms with van der Waals surface area (Å²) >= 11 is 10.9. The molecule has 2 rings (SSSR count). The summed E-state index contributed by atoms with van der Waals surface area (Å²) in [6, 6.07) is 4.38. The van der Waals surface area contributed by atoms with Gasteiger partial charge in [0.05, 0.1) is 8.61 Å². The zero-order valence-electron chi connectivity index (χ0n) is 8.38. The van der Waals surface area contributed by atoms with Crippen LogP contribution < -0.4 is 0 Å². The second kappa shape index (κ2) is 4.70. The highest BCUT2D eigenvalue weighted by molar-refractivity contribution is 9.11. The molecule has 1 atom stereocenters. The lowest BCUT2D eigenvalue weighted by Crippen LogP contribution is -1.91. The lowest BCUT2D eigenvalue weighted by atomic mass is 10.1. The zero-order valence-corrected chi connectivity index (χ0v) is 13.2.